The van der Waals surface area contributed by atoms with E-state index in [0.717, 1.165) is 0 Å². The number of benzene rings is 1. The summed E-state index contributed by atoms with van der Waals surface area (Å²) in [6.45, 7) is 6.44. The number of hydrogen-bond acceptors (Lipinski definition) is 8. The molecule has 0 bridgehead atoms. The van der Waals surface area contributed by atoms with Crippen molar-refractivity contribution in [1.29, 1.82) is 5.26 Å². The molecule has 0 atom stereocenters. The van der Waals surface area contributed by atoms with Gasteiger partial charge in [0.25, 0.3) is 0 Å². The van der Waals surface area contributed by atoms with Gasteiger partial charge in [-0.15, -0.1) is 0 Å². The third-order valence-electron chi connectivity index (χ3n) is 5.08. The van der Waals surface area contributed by atoms with Gasteiger partial charge in [-0.05, 0) is 61.7 Å². The van der Waals surface area contributed by atoms with Crippen molar-refractivity contribution in [3.63, 3.8) is 0 Å². The van der Waals surface area contributed by atoms with Crippen LogP contribution in [0.1, 0.15) is 49.7 Å². The molecule has 2 aromatic rings. The lowest BCUT2D eigenvalue weighted by atomic mass is 10.1. The highest BCUT2D eigenvalue weighted by molar-refractivity contribution is 9.10. The molecule has 1 aliphatic rings. The van der Waals surface area contributed by atoms with E-state index < -0.39 is 23.5 Å². The number of methoxy groups -OCH3 is 1. The molecular formula is C23H25BrFN5O4. The highest BCUT2D eigenvalue weighted by Crippen LogP contribution is 2.32. The van der Waals surface area contributed by atoms with Gasteiger partial charge in [0, 0.05) is 24.7 Å². The van der Waals surface area contributed by atoms with Crippen LogP contribution in [0, 0.1) is 17.1 Å². The number of aromatic nitrogens is 2. The average molecular weight is 534 g/mol. The second-order valence-corrected chi connectivity index (χ2v) is 9.53. The van der Waals surface area contributed by atoms with Crippen LogP contribution in [0.15, 0.2) is 22.7 Å². The zero-order valence-electron chi connectivity index (χ0n) is 19.3. The van der Waals surface area contributed by atoms with Gasteiger partial charge in [-0.1, -0.05) is 6.07 Å². The number of amides is 1. The fourth-order valence-electron chi connectivity index (χ4n) is 3.45. The monoisotopic (exact) mass is 533 g/mol. The van der Waals surface area contributed by atoms with Crippen LogP contribution in [0.3, 0.4) is 0 Å². The Morgan fingerprint density at radius 2 is 1.94 bits per heavy atom. The predicted molar refractivity (Wildman–Crippen MR) is 126 cm³/mol. The van der Waals surface area contributed by atoms with E-state index in [1.54, 1.807) is 32.9 Å². The van der Waals surface area contributed by atoms with E-state index in [9.17, 15) is 14.0 Å². The molecule has 9 nitrogen and oxygen atoms in total. The van der Waals surface area contributed by atoms with Gasteiger partial charge in [0.05, 0.1) is 22.8 Å². The largest absolute Gasteiger partial charge is 0.464 e. The normalized spacial score (nSPS) is 14.3. The van der Waals surface area contributed by atoms with Crippen molar-refractivity contribution in [2.45, 2.75) is 45.3 Å². The molecule has 0 spiro atoms. The quantitative estimate of drug-likeness (QED) is 0.581. The van der Waals surface area contributed by atoms with Gasteiger partial charge in [0.15, 0.2) is 5.69 Å². The maximum atomic E-state index is 14.3. The van der Waals surface area contributed by atoms with Gasteiger partial charge in [0.2, 0.25) is 5.95 Å². The van der Waals surface area contributed by atoms with Gasteiger partial charge >= 0.3 is 12.1 Å². The molecule has 1 fully saturated rings. The summed E-state index contributed by atoms with van der Waals surface area (Å²) in [6.07, 6.45) is 0.768. The number of alkyl carbamates (subject to hydrolysis) is 1. The zero-order valence-corrected chi connectivity index (χ0v) is 20.9. The molecule has 180 valence electrons. The summed E-state index contributed by atoms with van der Waals surface area (Å²) in [5.41, 5.74) is -0.00797. The molecule has 0 radical (unpaired) electrons. The predicted octanol–water partition coefficient (Wildman–Crippen LogP) is 4.20. The first kappa shape index (κ1) is 25.4. The van der Waals surface area contributed by atoms with Gasteiger partial charge in [-0.2, -0.15) is 5.26 Å². The standard InChI is InChI=1S/C23H25BrFN5O4/c1-23(2,3)34-22(32)27-15-7-9-30(10-8-15)21-28-18(17(24)19(29-21)20(31)33-4)13-5-6-14(12-26)16(25)11-13/h5-6,11,15H,7-10H2,1-4H3,(H,27,32). The van der Waals surface area contributed by atoms with E-state index in [1.165, 1.54) is 19.2 Å². The Morgan fingerprint density at radius 1 is 1.26 bits per heavy atom. The molecule has 1 aliphatic heterocycles. The Morgan fingerprint density at radius 3 is 2.50 bits per heavy atom. The molecule has 1 saturated heterocycles. The van der Waals surface area contributed by atoms with Crippen molar-refractivity contribution >= 4 is 33.9 Å². The minimum absolute atomic E-state index is 0.00118. The molecule has 3 rings (SSSR count). The number of carbonyl (C=O) groups is 2. The van der Waals surface area contributed by atoms with Crippen molar-refractivity contribution in [2.75, 3.05) is 25.1 Å². The summed E-state index contributed by atoms with van der Waals surface area (Å²) in [4.78, 5) is 35.3. The fourth-order valence-corrected chi connectivity index (χ4v) is 4.02. The molecule has 0 saturated carbocycles. The number of piperidine rings is 1. The smallest absolute Gasteiger partial charge is 0.407 e. The topological polar surface area (TPSA) is 117 Å². The van der Waals surface area contributed by atoms with Crippen LogP contribution in [0.4, 0.5) is 15.1 Å². The SMILES string of the molecule is COC(=O)c1nc(N2CCC(NC(=O)OC(C)(C)C)CC2)nc(-c2ccc(C#N)c(F)c2)c1Br. The van der Waals surface area contributed by atoms with E-state index >= 15 is 0 Å². The lowest BCUT2D eigenvalue weighted by Crippen LogP contribution is -2.46. The first-order valence-corrected chi connectivity index (χ1v) is 11.4. The van der Waals surface area contributed by atoms with Crippen molar-refractivity contribution in [2.24, 2.45) is 0 Å². The molecule has 1 aromatic carbocycles. The number of carbonyl (C=O) groups excluding carboxylic acids is 2. The van der Waals surface area contributed by atoms with E-state index in [-0.39, 0.29) is 27.7 Å². The van der Waals surface area contributed by atoms with Crippen LogP contribution < -0.4 is 10.2 Å². The van der Waals surface area contributed by atoms with Crippen molar-refractivity contribution < 1.29 is 23.5 Å². The molecule has 11 heteroatoms. The summed E-state index contributed by atoms with van der Waals surface area (Å²) in [5, 5.41) is 11.9. The van der Waals surface area contributed by atoms with E-state index in [1.807, 2.05) is 4.90 Å². The molecule has 2 heterocycles. The number of nitriles is 1. The maximum absolute atomic E-state index is 14.3. The Labute approximate surface area is 205 Å². The Balaban J connectivity index is 1.86. The van der Waals surface area contributed by atoms with E-state index in [0.29, 0.717) is 37.2 Å². The van der Waals surface area contributed by atoms with Crippen LogP contribution in [0.5, 0.6) is 0 Å². The van der Waals surface area contributed by atoms with Gasteiger partial charge in [-0.3, -0.25) is 0 Å². The Kier molecular flexibility index (Phi) is 7.71. The summed E-state index contributed by atoms with van der Waals surface area (Å²) in [6, 6.07) is 5.80. The van der Waals surface area contributed by atoms with Crippen molar-refractivity contribution in [3.8, 4) is 17.3 Å². The van der Waals surface area contributed by atoms with E-state index in [4.69, 9.17) is 14.7 Å². The first-order chi connectivity index (χ1) is 16.0. The van der Waals surface area contributed by atoms with Crippen LogP contribution >= 0.6 is 15.9 Å². The third-order valence-corrected chi connectivity index (χ3v) is 5.83. The van der Waals surface area contributed by atoms with Gasteiger partial charge in [0.1, 0.15) is 17.5 Å². The van der Waals surface area contributed by atoms with Crippen LogP contribution in [0.25, 0.3) is 11.3 Å². The number of esters is 1. The minimum atomic E-state index is -0.694. The molecule has 0 unspecified atom stereocenters. The minimum Gasteiger partial charge on any atom is -0.464 e. The Hall–Kier alpha value is -3.26. The second kappa shape index (κ2) is 10.3. The second-order valence-electron chi connectivity index (χ2n) is 8.74. The number of hydrogen-bond donors (Lipinski definition) is 1. The third kappa shape index (κ3) is 5.99. The first-order valence-electron chi connectivity index (χ1n) is 10.6. The molecule has 0 aliphatic carbocycles. The number of halogens is 2. The highest BCUT2D eigenvalue weighted by atomic mass is 79.9. The molecular weight excluding hydrogens is 509 g/mol. The van der Waals surface area contributed by atoms with Crippen molar-refractivity contribution in [1.82, 2.24) is 15.3 Å². The summed E-state index contributed by atoms with van der Waals surface area (Å²) in [7, 11) is 1.24. The lowest BCUT2D eigenvalue weighted by Gasteiger charge is -2.33. The van der Waals surface area contributed by atoms with Gasteiger partial charge < -0.3 is 19.7 Å². The molecule has 34 heavy (non-hydrogen) atoms. The average Bonchev–Trinajstić information content (AvgIpc) is 2.78. The summed E-state index contributed by atoms with van der Waals surface area (Å²) >= 11 is 3.35. The molecule has 1 amide bonds. The van der Waals surface area contributed by atoms with Crippen LogP contribution in [-0.2, 0) is 9.47 Å². The summed E-state index contributed by atoms with van der Waals surface area (Å²) < 4.78 is 24.7. The molecule has 1 aromatic heterocycles. The van der Waals surface area contributed by atoms with E-state index in [2.05, 4.69) is 31.2 Å². The highest BCUT2D eigenvalue weighted by Gasteiger charge is 2.27. The zero-order chi connectivity index (χ0) is 25.0. The summed E-state index contributed by atoms with van der Waals surface area (Å²) in [5.74, 6) is -1.09. The van der Waals surface area contributed by atoms with Crippen LogP contribution in [-0.4, -0.2) is 53.9 Å². The lowest BCUT2D eigenvalue weighted by molar-refractivity contribution is 0.0496. The van der Waals surface area contributed by atoms with Crippen LogP contribution in [0.2, 0.25) is 0 Å². The number of nitrogens with one attached hydrogen (secondary N) is 1. The number of nitrogens with zero attached hydrogens (tertiary/aromatic N) is 4. The van der Waals surface area contributed by atoms with Crippen molar-refractivity contribution in [3.05, 3.63) is 39.7 Å². The Bertz CT molecular complexity index is 1140. The van der Waals surface area contributed by atoms with Gasteiger partial charge in [-0.25, -0.2) is 23.9 Å². The fraction of sp³-hybridized carbons (Fsp3) is 0.435. The molecule has 1 N–H and O–H groups in total. The maximum Gasteiger partial charge on any atom is 0.407 e. The number of ether oxygens (including phenoxy) is 2. The number of rotatable bonds is 4. The number of anilines is 1.